The molecular formula is C17H20N4O. The molecule has 1 aliphatic rings. The first-order chi connectivity index (χ1) is 10.7. The van der Waals surface area contributed by atoms with Crippen LogP contribution in [0, 0.1) is 0 Å². The predicted molar refractivity (Wildman–Crippen MR) is 84.0 cm³/mol. The second kappa shape index (κ2) is 6.66. The summed E-state index contributed by atoms with van der Waals surface area (Å²) >= 11 is 0. The van der Waals surface area contributed by atoms with Crippen molar-refractivity contribution in [1.29, 1.82) is 0 Å². The Bertz CT molecular complexity index is 611. The third-order valence-corrected chi connectivity index (χ3v) is 4.07. The van der Waals surface area contributed by atoms with Crippen molar-refractivity contribution in [2.24, 2.45) is 0 Å². The smallest absolute Gasteiger partial charge is 0.227 e. The largest absolute Gasteiger partial charge is 0.339 e. The molecule has 2 aromatic heterocycles. The van der Waals surface area contributed by atoms with Crippen LogP contribution in [0.4, 0.5) is 0 Å². The van der Waals surface area contributed by atoms with Crippen LogP contribution < -0.4 is 0 Å². The molecule has 3 rings (SSSR count). The summed E-state index contributed by atoms with van der Waals surface area (Å²) in [6.45, 7) is 2.47. The van der Waals surface area contributed by atoms with Gasteiger partial charge in [0.1, 0.15) is 0 Å². The van der Waals surface area contributed by atoms with Crippen LogP contribution in [-0.4, -0.2) is 51.9 Å². The van der Waals surface area contributed by atoms with Gasteiger partial charge in [0, 0.05) is 50.5 Å². The minimum absolute atomic E-state index is 0.180. The van der Waals surface area contributed by atoms with Crippen LogP contribution in [-0.2, 0) is 17.8 Å². The zero-order chi connectivity index (χ0) is 15.4. The molecule has 2 aromatic rings. The van der Waals surface area contributed by atoms with Gasteiger partial charge in [0.05, 0.1) is 6.42 Å². The number of aromatic nitrogens is 2. The molecule has 5 heteroatoms. The Morgan fingerprint density at radius 1 is 1.18 bits per heavy atom. The fourth-order valence-corrected chi connectivity index (χ4v) is 2.64. The number of carbonyl (C=O) groups is 1. The topological polar surface area (TPSA) is 49.3 Å². The first-order valence-electron chi connectivity index (χ1n) is 7.48. The van der Waals surface area contributed by atoms with Gasteiger partial charge >= 0.3 is 0 Å². The predicted octanol–water partition coefficient (Wildman–Crippen LogP) is 1.36. The molecule has 1 amide bonds. The molecule has 22 heavy (non-hydrogen) atoms. The van der Waals surface area contributed by atoms with E-state index in [4.69, 9.17) is 0 Å². The maximum absolute atomic E-state index is 12.2. The highest BCUT2D eigenvalue weighted by molar-refractivity contribution is 5.79. The van der Waals surface area contributed by atoms with Crippen LogP contribution in [0.2, 0.25) is 0 Å². The molecule has 0 aromatic carbocycles. The molecule has 0 unspecified atom stereocenters. The fraction of sp³-hybridized carbons (Fsp3) is 0.353. The lowest BCUT2D eigenvalue weighted by molar-refractivity contribution is -0.137. The zero-order valence-electron chi connectivity index (χ0n) is 12.7. The SMILES string of the molecule is CN(Cc1cccnc1)C1CN(C(=O)Cc2cccnc2)C1. The maximum Gasteiger partial charge on any atom is 0.227 e. The Labute approximate surface area is 130 Å². The zero-order valence-corrected chi connectivity index (χ0v) is 12.7. The third-order valence-electron chi connectivity index (χ3n) is 4.07. The van der Waals surface area contributed by atoms with Crippen molar-refractivity contribution in [3.63, 3.8) is 0 Å². The van der Waals surface area contributed by atoms with Crippen LogP contribution in [0.5, 0.6) is 0 Å². The number of hydrogen-bond acceptors (Lipinski definition) is 4. The van der Waals surface area contributed by atoms with Gasteiger partial charge in [-0.15, -0.1) is 0 Å². The van der Waals surface area contributed by atoms with Crippen molar-refractivity contribution in [2.75, 3.05) is 20.1 Å². The molecular weight excluding hydrogens is 276 g/mol. The minimum Gasteiger partial charge on any atom is -0.339 e. The molecule has 1 fully saturated rings. The van der Waals surface area contributed by atoms with Crippen LogP contribution in [0.1, 0.15) is 11.1 Å². The van der Waals surface area contributed by atoms with E-state index in [9.17, 15) is 4.79 Å². The lowest BCUT2D eigenvalue weighted by Crippen LogP contribution is -2.60. The summed E-state index contributed by atoms with van der Waals surface area (Å²) in [6, 6.07) is 8.26. The highest BCUT2D eigenvalue weighted by Crippen LogP contribution is 2.17. The summed E-state index contributed by atoms with van der Waals surface area (Å²) in [7, 11) is 2.10. The van der Waals surface area contributed by atoms with Gasteiger partial charge < -0.3 is 4.90 Å². The first kappa shape index (κ1) is 14.7. The van der Waals surface area contributed by atoms with Crippen LogP contribution >= 0.6 is 0 Å². The number of rotatable bonds is 5. The van der Waals surface area contributed by atoms with E-state index < -0.39 is 0 Å². The Morgan fingerprint density at radius 3 is 2.41 bits per heavy atom. The molecule has 0 atom stereocenters. The second-order valence-electron chi connectivity index (χ2n) is 5.77. The monoisotopic (exact) mass is 296 g/mol. The Balaban J connectivity index is 1.46. The number of likely N-dealkylation sites (tertiary alicyclic amines) is 1. The second-order valence-corrected chi connectivity index (χ2v) is 5.77. The lowest BCUT2D eigenvalue weighted by Gasteiger charge is -2.44. The standard InChI is InChI=1S/C17H20N4O/c1-20(11-15-5-3-7-19-10-15)16-12-21(13-16)17(22)8-14-4-2-6-18-9-14/h2-7,9-10,16H,8,11-13H2,1H3. The summed E-state index contributed by atoms with van der Waals surface area (Å²) in [6.07, 6.45) is 7.59. The van der Waals surface area contributed by atoms with Crippen molar-refractivity contribution in [2.45, 2.75) is 19.0 Å². The average molecular weight is 296 g/mol. The van der Waals surface area contributed by atoms with E-state index in [1.54, 1.807) is 18.6 Å². The average Bonchev–Trinajstić information content (AvgIpc) is 2.47. The van der Waals surface area contributed by atoms with Crippen molar-refractivity contribution in [3.8, 4) is 0 Å². The van der Waals surface area contributed by atoms with Crippen molar-refractivity contribution in [3.05, 3.63) is 60.2 Å². The summed E-state index contributed by atoms with van der Waals surface area (Å²) in [4.78, 5) is 24.6. The molecule has 0 bridgehead atoms. The highest BCUT2D eigenvalue weighted by Gasteiger charge is 2.32. The van der Waals surface area contributed by atoms with Gasteiger partial charge in [0.25, 0.3) is 0 Å². The van der Waals surface area contributed by atoms with Gasteiger partial charge in [-0.2, -0.15) is 0 Å². The number of carbonyl (C=O) groups excluding carboxylic acids is 1. The normalized spacial score (nSPS) is 14.9. The van der Waals surface area contributed by atoms with Crippen molar-refractivity contribution < 1.29 is 4.79 Å². The van der Waals surface area contributed by atoms with Gasteiger partial charge in [0.15, 0.2) is 0 Å². The van der Waals surface area contributed by atoms with Gasteiger partial charge in [-0.1, -0.05) is 12.1 Å². The maximum atomic E-state index is 12.2. The summed E-state index contributed by atoms with van der Waals surface area (Å²) < 4.78 is 0. The molecule has 0 saturated carbocycles. The molecule has 3 heterocycles. The molecule has 1 saturated heterocycles. The van der Waals surface area contributed by atoms with E-state index in [1.165, 1.54) is 5.56 Å². The molecule has 0 N–H and O–H groups in total. The van der Waals surface area contributed by atoms with E-state index in [-0.39, 0.29) is 5.91 Å². The van der Waals surface area contributed by atoms with Crippen molar-refractivity contribution >= 4 is 5.91 Å². The van der Waals surface area contributed by atoms with Gasteiger partial charge in [0.2, 0.25) is 5.91 Å². The molecule has 0 radical (unpaired) electrons. The van der Waals surface area contributed by atoms with Gasteiger partial charge in [-0.25, -0.2) is 0 Å². The van der Waals surface area contributed by atoms with Gasteiger partial charge in [-0.3, -0.25) is 19.7 Å². The molecule has 0 aliphatic carbocycles. The van der Waals surface area contributed by atoms with E-state index in [1.807, 2.05) is 29.3 Å². The van der Waals surface area contributed by atoms with E-state index in [0.29, 0.717) is 12.5 Å². The fourth-order valence-electron chi connectivity index (χ4n) is 2.64. The minimum atomic E-state index is 0.180. The Hall–Kier alpha value is -2.27. The lowest BCUT2D eigenvalue weighted by atomic mass is 10.0. The molecule has 1 aliphatic heterocycles. The summed E-state index contributed by atoms with van der Waals surface area (Å²) in [5.41, 5.74) is 2.17. The molecule has 114 valence electrons. The number of nitrogens with zero attached hydrogens (tertiary/aromatic N) is 4. The highest BCUT2D eigenvalue weighted by atomic mass is 16.2. The van der Waals surface area contributed by atoms with Crippen molar-refractivity contribution in [1.82, 2.24) is 19.8 Å². The molecule has 5 nitrogen and oxygen atoms in total. The number of likely N-dealkylation sites (N-methyl/N-ethyl adjacent to an activating group) is 1. The first-order valence-corrected chi connectivity index (χ1v) is 7.48. The summed E-state index contributed by atoms with van der Waals surface area (Å²) in [5.74, 6) is 0.180. The molecule has 0 spiro atoms. The number of pyridine rings is 2. The van der Waals surface area contributed by atoms with Gasteiger partial charge in [-0.05, 0) is 30.3 Å². The number of hydrogen-bond donors (Lipinski definition) is 0. The quantitative estimate of drug-likeness (QED) is 0.836. The van der Waals surface area contributed by atoms with Crippen LogP contribution in [0.25, 0.3) is 0 Å². The number of amides is 1. The van der Waals surface area contributed by atoms with E-state index in [2.05, 4.69) is 28.0 Å². The van der Waals surface area contributed by atoms with Crippen LogP contribution in [0.15, 0.2) is 49.1 Å². The Kier molecular flexibility index (Phi) is 4.44. The third kappa shape index (κ3) is 3.49. The Morgan fingerprint density at radius 2 is 1.82 bits per heavy atom. The summed E-state index contributed by atoms with van der Waals surface area (Å²) in [5, 5.41) is 0. The van der Waals surface area contributed by atoms with Crippen LogP contribution in [0.3, 0.4) is 0 Å². The van der Waals surface area contributed by atoms with E-state index >= 15 is 0 Å². The van der Waals surface area contributed by atoms with E-state index in [0.717, 1.165) is 25.2 Å².